The van der Waals surface area contributed by atoms with Crippen molar-refractivity contribution in [1.29, 1.82) is 0 Å². The summed E-state index contributed by atoms with van der Waals surface area (Å²) in [4.78, 5) is 0. The maximum absolute atomic E-state index is 6.01. The molecule has 0 aliphatic carbocycles. The highest BCUT2D eigenvalue weighted by Gasteiger charge is 2.12. The van der Waals surface area contributed by atoms with E-state index in [1.165, 1.54) is 5.56 Å². The summed E-state index contributed by atoms with van der Waals surface area (Å²) in [6.07, 6.45) is 2.06. The third kappa shape index (κ3) is 1.55. The molecule has 0 fully saturated rings. The molecule has 3 aromatic rings. The highest BCUT2D eigenvalue weighted by molar-refractivity contribution is 6.31. The standard InChI is InChI=1S/C14H14ClN3/c1-9-10(2)16-17(3)14(9)18-7-6-11-8-12(15)4-5-13(11)18/h4-8H,1-3H3. The van der Waals surface area contributed by atoms with Crippen LogP contribution in [0.2, 0.25) is 5.02 Å². The zero-order valence-corrected chi connectivity index (χ0v) is 11.4. The van der Waals surface area contributed by atoms with Crippen LogP contribution in [0.15, 0.2) is 30.5 Å². The van der Waals surface area contributed by atoms with Gasteiger partial charge in [-0.3, -0.25) is 4.68 Å². The summed E-state index contributed by atoms with van der Waals surface area (Å²) in [5, 5.41) is 6.36. The summed E-state index contributed by atoms with van der Waals surface area (Å²) in [5.41, 5.74) is 3.40. The van der Waals surface area contributed by atoms with Gasteiger partial charge in [0.1, 0.15) is 5.82 Å². The Bertz CT molecular complexity index is 737. The number of hydrogen-bond acceptors (Lipinski definition) is 1. The second kappa shape index (κ2) is 3.89. The number of nitrogens with zero attached hydrogens (tertiary/aromatic N) is 3. The van der Waals surface area contributed by atoms with Gasteiger partial charge in [0.25, 0.3) is 0 Å². The van der Waals surface area contributed by atoms with Gasteiger partial charge < -0.3 is 4.57 Å². The Morgan fingerprint density at radius 1 is 1.17 bits per heavy atom. The molecule has 1 aromatic carbocycles. The zero-order valence-electron chi connectivity index (χ0n) is 10.6. The van der Waals surface area contributed by atoms with Crippen LogP contribution in [0.5, 0.6) is 0 Å². The lowest BCUT2D eigenvalue weighted by Crippen LogP contribution is -2.02. The SMILES string of the molecule is Cc1nn(C)c(-n2ccc3cc(Cl)ccc32)c1C. The number of benzene rings is 1. The molecule has 0 atom stereocenters. The van der Waals surface area contributed by atoms with Gasteiger partial charge in [0.15, 0.2) is 0 Å². The summed E-state index contributed by atoms with van der Waals surface area (Å²) in [5.74, 6) is 1.10. The Morgan fingerprint density at radius 3 is 2.61 bits per heavy atom. The molecule has 0 unspecified atom stereocenters. The summed E-state index contributed by atoms with van der Waals surface area (Å²) >= 11 is 6.01. The Kier molecular flexibility index (Phi) is 2.45. The largest absolute Gasteiger partial charge is 0.301 e. The van der Waals surface area contributed by atoms with E-state index in [0.717, 1.165) is 27.4 Å². The van der Waals surface area contributed by atoms with Crippen LogP contribution in [-0.2, 0) is 7.05 Å². The third-order valence-corrected chi connectivity index (χ3v) is 3.60. The maximum atomic E-state index is 6.01. The van der Waals surface area contributed by atoms with Crippen molar-refractivity contribution in [2.75, 3.05) is 0 Å². The molecule has 2 aromatic heterocycles. The van der Waals surface area contributed by atoms with Crippen LogP contribution in [0.4, 0.5) is 0 Å². The van der Waals surface area contributed by atoms with Crippen LogP contribution >= 0.6 is 11.6 Å². The molecule has 0 radical (unpaired) electrons. The predicted octanol–water partition coefficient (Wildman–Crippen LogP) is 3.63. The fourth-order valence-corrected chi connectivity index (χ4v) is 2.57. The van der Waals surface area contributed by atoms with Crippen molar-refractivity contribution < 1.29 is 0 Å². The summed E-state index contributed by atoms with van der Waals surface area (Å²) in [7, 11) is 1.97. The smallest absolute Gasteiger partial charge is 0.138 e. The van der Waals surface area contributed by atoms with Gasteiger partial charge in [-0.1, -0.05) is 11.6 Å². The monoisotopic (exact) mass is 259 g/mol. The van der Waals surface area contributed by atoms with E-state index in [0.29, 0.717) is 0 Å². The topological polar surface area (TPSA) is 22.8 Å². The van der Waals surface area contributed by atoms with Crippen molar-refractivity contribution in [3.8, 4) is 5.82 Å². The van der Waals surface area contributed by atoms with Crippen molar-refractivity contribution in [2.45, 2.75) is 13.8 Å². The molecule has 4 heteroatoms. The third-order valence-electron chi connectivity index (χ3n) is 3.37. The van der Waals surface area contributed by atoms with Gasteiger partial charge >= 0.3 is 0 Å². The van der Waals surface area contributed by atoms with Gasteiger partial charge in [-0.15, -0.1) is 0 Å². The fraction of sp³-hybridized carbons (Fsp3) is 0.214. The van der Waals surface area contributed by atoms with Crippen molar-refractivity contribution >= 4 is 22.5 Å². The molecule has 0 N–H and O–H groups in total. The lowest BCUT2D eigenvalue weighted by molar-refractivity contribution is 0.728. The van der Waals surface area contributed by atoms with Gasteiger partial charge in [0.05, 0.1) is 11.2 Å². The summed E-state index contributed by atoms with van der Waals surface area (Å²) in [6.45, 7) is 4.13. The van der Waals surface area contributed by atoms with Crippen LogP contribution in [-0.4, -0.2) is 14.3 Å². The van der Waals surface area contributed by atoms with E-state index in [4.69, 9.17) is 11.6 Å². The van der Waals surface area contributed by atoms with Crippen LogP contribution in [0.3, 0.4) is 0 Å². The van der Waals surface area contributed by atoms with Crippen molar-refractivity contribution in [2.24, 2.45) is 7.05 Å². The molecule has 0 bridgehead atoms. The second-order valence-corrected chi connectivity index (χ2v) is 4.98. The van der Waals surface area contributed by atoms with Crippen molar-refractivity contribution in [1.82, 2.24) is 14.3 Å². The van der Waals surface area contributed by atoms with Crippen molar-refractivity contribution in [3.05, 3.63) is 46.7 Å². The molecule has 0 spiro atoms. The van der Waals surface area contributed by atoms with Crippen LogP contribution in [0, 0.1) is 13.8 Å². The first kappa shape index (κ1) is 11.4. The predicted molar refractivity (Wildman–Crippen MR) is 74.5 cm³/mol. The maximum Gasteiger partial charge on any atom is 0.138 e. The highest BCUT2D eigenvalue weighted by atomic mass is 35.5. The van der Waals surface area contributed by atoms with E-state index < -0.39 is 0 Å². The first-order valence-electron chi connectivity index (χ1n) is 5.85. The number of rotatable bonds is 1. The van der Waals surface area contributed by atoms with Gasteiger partial charge in [-0.2, -0.15) is 5.10 Å². The number of fused-ring (bicyclic) bond motifs is 1. The molecule has 3 nitrogen and oxygen atoms in total. The summed E-state index contributed by atoms with van der Waals surface area (Å²) in [6, 6.07) is 8.01. The summed E-state index contributed by atoms with van der Waals surface area (Å²) < 4.78 is 4.07. The number of halogens is 1. The minimum atomic E-state index is 0.762. The van der Waals surface area contributed by atoms with E-state index >= 15 is 0 Å². The van der Waals surface area contributed by atoms with Crippen LogP contribution in [0.25, 0.3) is 16.7 Å². The lowest BCUT2D eigenvalue weighted by atomic mass is 10.2. The molecule has 18 heavy (non-hydrogen) atoms. The Balaban J connectivity index is 2.32. The lowest BCUT2D eigenvalue weighted by Gasteiger charge is -2.07. The van der Waals surface area contributed by atoms with Gasteiger partial charge in [0.2, 0.25) is 0 Å². The van der Waals surface area contributed by atoms with E-state index in [-0.39, 0.29) is 0 Å². The Hall–Kier alpha value is -1.74. The van der Waals surface area contributed by atoms with E-state index in [2.05, 4.69) is 28.9 Å². The molecular formula is C14H14ClN3. The zero-order chi connectivity index (χ0) is 12.9. The minimum absolute atomic E-state index is 0.762. The molecule has 92 valence electrons. The first-order valence-corrected chi connectivity index (χ1v) is 6.23. The van der Waals surface area contributed by atoms with Crippen molar-refractivity contribution in [3.63, 3.8) is 0 Å². The molecule has 0 saturated carbocycles. The minimum Gasteiger partial charge on any atom is -0.301 e. The molecular weight excluding hydrogens is 246 g/mol. The average molecular weight is 260 g/mol. The number of aryl methyl sites for hydroxylation is 2. The molecule has 3 rings (SSSR count). The van der Waals surface area contributed by atoms with Gasteiger partial charge in [0, 0.05) is 29.2 Å². The average Bonchev–Trinajstić information content (AvgIpc) is 2.81. The van der Waals surface area contributed by atoms with Gasteiger partial charge in [-0.05, 0) is 38.1 Å². The quantitative estimate of drug-likeness (QED) is 0.654. The molecule has 2 heterocycles. The van der Waals surface area contributed by atoms with E-state index in [1.807, 2.05) is 36.9 Å². The van der Waals surface area contributed by atoms with E-state index in [1.54, 1.807) is 0 Å². The number of hydrogen-bond donors (Lipinski definition) is 0. The molecule has 0 saturated heterocycles. The molecule has 0 amide bonds. The van der Waals surface area contributed by atoms with E-state index in [9.17, 15) is 0 Å². The highest BCUT2D eigenvalue weighted by Crippen LogP contribution is 2.25. The molecule has 0 aliphatic heterocycles. The van der Waals surface area contributed by atoms with Gasteiger partial charge in [-0.25, -0.2) is 0 Å². The Morgan fingerprint density at radius 2 is 1.94 bits per heavy atom. The van der Waals surface area contributed by atoms with Crippen LogP contribution < -0.4 is 0 Å². The van der Waals surface area contributed by atoms with Crippen LogP contribution in [0.1, 0.15) is 11.3 Å². The Labute approximate surface area is 111 Å². The normalized spacial score (nSPS) is 11.3. The second-order valence-electron chi connectivity index (χ2n) is 4.55. The first-order chi connectivity index (χ1) is 8.58. The molecule has 0 aliphatic rings. The fourth-order valence-electron chi connectivity index (χ4n) is 2.39. The number of aromatic nitrogens is 3.